The van der Waals surface area contributed by atoms with Crippen LogP contribution < -0.4 is 17.0 Å². The number of Topliss-reactive ketones (excluding diaryl/α,β-unsaturated/α-hetero) is 2. The molecule has 1 aliphatic rings. The normalized spacial score (nSPS) is 14.3. The summed E-state index contributed by atoms with van der Waals surface area (Å²) >= 11 is 0. The topological polar surface area (TPSA) is 124 Å². The maximum atomic E-state index is 13.4. The molecule has 0 radical (unpaired) electrons. The maximum absolute atomic E-state index is 13.4. The number of carbonyl (C=O) groups is 2. The Balaban J connectivity index is 1.92. The molecule has 0 saturated heterocycles. The van der Waals surface area contributed by atoms with E-state index in [1.54, 1.807) is 24.3 Å². The smallest absolute Gasteiger partial charge is 0.332 e. The SMILES string of the molecule is Cn1c(N)c(C(C2=C(O)c3ccccc3C(=O)C2=O)c2ccc3ccccc3c2)c(=O)n(C)c1=O. The summed E-state index contributed by atoms with van der Waals surface area (Å²) in [6, 6.07) is 19.1. The van der Waals surface area contributed by atoms with Crippen molar-refractivity contribution in [3.8, 4) is 0 Å². The third-order valence-electron chi connectivity index (χ3n) is 6.56. The number of benzene rings is 3. The van der Waals surface area contributed by atoms with E-state index in [9.17, 15) is 24.3 Å². The highest BCUT2D eigenvalue weighted by atomic mass is 16.3. The van der Waals surface area contributed by atoms with Crippen LogP contribution in [0.3, 0.4) is 0 Å². The minimum atomic E-state index is -1.20. The van der Waals surface area contributed by atoms with Crippen LogP contribution in [0, 0.1) is 0 Å². The molecule has 5 rings (SSSR count). The molecule has 0 aliphatic heterocycles. The first-order valence-electron chi connectivity index (χ1n) is 10.9. The second kappa shape index (κ2) is 7.95. The van der Waals surface area contributed by atoms with E-state index in [2.05, 4.69) is 0 Å². The van der Waals surface area contributed by atoms with Gasteiger partial charge in [-0.3, -0.25) is 23.5 Å². The quantitative estimate of drug-likeness (QED) is 0.447. The fourth-order valence-corrected chi connectivity index (χ4v) is 4.67. The summed E-state index contributed by atoms with van der Waals surface area (Å²) in [7, 11) is 2.72. The number of anilines is 1. The van der Waals surface area contributed by atoms with E-state index in [0.29, 0.717) is 5.56 Å². The highest BCUT2D eigenvalue weighted by Gasteiger charge is 2.40. The zero-order valence-electron chi connectivity index (χ0n) is 19.0. The highest BCUT2D eigenvalue weighted by molar-refractivity contribution is 6.52. The van der Waals surface area contributed by atoms with Gasteiger partial charge in [0.15, 0.2) is 0 Å². The summed E-state index contributed by atoms with van der Waals surface area (Å²) in [6.45, 7) is 0. The lowest BCUT2D eigenvalue weighted by Gasteiger charge is -2.26. The molecular weight excluding hydrogens is 446 g/mol. The minimum absolute atomic E-state index is 0.0769. The molecule has 0 spiro atoms. The number of nitrogens with two attached hydrogens (primary N) is 1. The number of carbonyl (C=O) groups excluding carboxylic acids is 2. The van der Waals surface area contributed by atoms with Crippen LogP contribution in [0.5, 0.6) is 0 Å². The number of allylic oxidation sites excluding steroid dienone is 1. The van der Waals surface area contributed by atoms with E-state index in [1.165, 1.54) is 26.2 Å². The van der Waals surface area contributed by atoms with Gasteiger partial charge in [0.1, 0.15) is 11.6 Å². The first-order valence-corrected chi connectivity index (χ1v) is 10.9. The van der Waals surface area contributed by atoms with Gasteiger partial charge < -0.3 is 10.8 Å². The standard InChI is InChI=1S/C27H21N3O5/c1-29-25(28)21(26(34)30(2)27(29)35)19(16-12-11-14-7-3-4-8-15(14)13-16)20-22(31)17-9-5-6-10-18(17)23(32)24(20)33/h3-13,19,31H,28H2,1-2H3. The van der Waals surface area contributed by atoms with Gasteiger partial charge in [-0.15, -0.1) is 0 Å². The number of rotatable bonds is 3. The van der Waals surface area contributed by atoms with Crippen molar-refractivity contribution in [2.24, 2.45) is 14.1 Å². The molecular formula is C27H21N3O5. The molecule has 174 valence electrons. The fourth-order valence-electron chi connectivity index (χ4n) is 4.67. The number of aliphatic hydroxyl groups is 1. The number of ketones is 2. The minimum Gasteiger partial charge on any atom is -0.507 e. The average molecular weight is 467 g/mol. The maximum Gasteiger partial charge on any atom is 0.332 e. The van der Waals surface area contributed by atoms with Crippen LogP contribution in [0.2, 0.25) is 0 Å². The molecule has 1 atom stereocenters. The van der Waals surface area contributed by atoms with Crippen LogP contribution in [0.4, 0.5) is 5.82 Å². The van der Waals surface area contributed by atoms with Crippen LogP contribution in [-0.4, -0.2) is 25.8 Å². The van der Waals surface area contributed by atoms with E-state index in [0.717, 1.165) is 19.9 Å². The van der Waals surface area contributed by atoms with Crippen molar-refractivity contribution >= 4 is 33.9 Å². The van der Waals surface area contributed by atoms with Crippen LogP contribution >= 0.6 is 0 Å². The second-order valence-corrected chi connectivity index (χ2v) is 8.51. The third kappa shape index (κ3) is 3.22. The summed E-state index contributed by atoms with van der Waals surface area (Å²) in [6.07, 6.45) is 0. The van der Waals surface area contributed by atoms with Gasteiger partial charge in [-0.1, -0.05) is 66.7 Å². The Bertz CT molecular complexity index is 1730. The Morgan fingerprint density at radius 1 is 0.771 bits per heavy atom. The predicted octanol–water partition coefficient (Wildman–Crippen LogP) is 2.69. The molecule has 8 heteroatoms. The summed E-state index contributed by atoms with van der Waals surface area (Å²) in [4.78, 5) is 52.3. The number of aromatic nitrogens is 2. The molecule has 0 bridgehead atoms. The number of hydrogen-bond donors (Lipinski definition) is 2. The van der Waals surface area contributed by atoms with Crippen molar-refractivity contribution in [1.82, 2.24) is 9.13 Å². The summed E-state index contributed by atoms with van der Waals surface area (Å²) in [5.74, 6) is -3.49. The van der Waals surface area contributed by atoms with Gasteiger partial charge in [0.2, 0.25) is 11.6 Å². The molecule has 0 saturated carbocycles. The molecule has 0 fully saturated rings. The van der Waals surface area contributed by atoms with E-state index >= 15 is 0 Å². The Hall–Kier alpha value is -4.72. The largest absolute Gasteiger partial charge is 0.507 e. The summed E-state index contributed by atoms with van der Waals surface area (Å²) in [5, 5.41) is 13.0. The van der Waals surface area contributed by atoms with E-state index in [4.69, 9.17) is 5.73 Å². The lowest BCUT2D eigenvalue weighted by Crippen LogP contribution is -2.42. The molecule has 1 unspecified atom stereocenters. The number of hydrogen-bond acceptors (Lipinski definition) is 6. The van der Waals surface area contributed by atoms with Gasteiger partial charge in [0.25, 0.3) is 5.56 Å². The van der Waals surface area contributed by atoms with E-state index in [-0.39, 0.29) is 28.1 Å². The first-order chi connectivity index (χ1) is 16.7. The van der Waals surface area contributed by atoms with Crippen molar-refractivity contribution in [1.29, 1.82) is 0 Å². The van der Waals surface area contributed by atoms with Gasteiger partial charge in [-0.25, -0.2) is 4.79 Å². The van der Waals surface area contributed by atoms with Crippen molar-refractivity contribution in [3.05, 3.63) is 115 Å². The number of nitrogen functional groups attached to an aromatic ring is 1. The molecule has 1 aliphatic carbocycles. The fraction of sp³-hybridized carbons (Fsp3) is 0.111. The molecule has 3 N–H and O–H groups in total. The lowest BCUT2D eigenvalue weighted by molar-refractivity contribution is -0.112. The molecule has 3 aromatic carbocycles. The Morgan fingerprint density at radius 2 is 1.40 bits per heavy atom. The van der Waals surface area contributed by atoms with Crippen LogP contribution in [0.1, 0.15) is 33.0 Å². The lowest BCUT2D eigenvalue weighted by atomic mass is 9.76. The van der Waals surface area contributed by atoms with Crippen molar-refractivity contribution in [3.63, 3.8) is 0 Å². The molecule has 0 amide bonds. The van der Waals surface area contributed by atoms with Gasteiger partial charge in [0.05, 0.1) is 17.1 Å². The molecule has 1 heterocycles. The summed E-state index contributed by atoms with van der Waals surface area (Å²) < 4.78 is 1.99. The van der Waals surface area contributed by atoms with Crippen molar-refractivity contribution < 1.29 is 14.7 Å². The molecule has 8 nitrogen and oxygen atoms in total. The highest BCUT2D eigenvalue weighted by Crippen LogP contribution is 2.41. The van der Waals surface area contributed by atoms with E-state index in [1.807, 2.05) is 30.3 Å². The van der Waals surface area contributed by atoms with Crippen molar-refractivity contribution in [2.45, 2.75) is 5.92 Å². The average Bonchev–Trinajstić information content (AvgIpc) is 2.88. The van der Waals surface area contributed by atoms with Crippen LogP contribution in [0.25, 0.3) is 16.5 Å². The second-order valence-electron chi connectivity index (χ2n) is 8.51. The predicted molar refractivity (Wildman–Crippen MR) is 132 cm³/mol. The van der Waals surface area contributed by atoms with Gasteiger partial charge in [-0.2, -0.15) is 0 Å². The number of nitrogens with zero attached hydrogens (tertiary/aromatic N) is 2. The zero-order valence-corrected chi connectivity index (χ0v) is 19.0. The van der Waals surface area contributed by atoms with Crippen LogP contribution in [0.15, 0.2) is 81.9 Å². The van der Waals surface area contributed by atoms with E-state index < -0.39 is 34.5 Å². The van der Waals surface area contributed by atoms with Gasteiger partial charge in [-0.05, 0) is 16.3 Å². The first kappa shape index (κ1) is 22.1. The number of fused-ring (bicyclic) bond motifs is 2. The molecule has 4 aromatic rings. The Labute approximate surface area is 199 Å². The Kier molecular flexibility index (Phi) is 5.02. The van der Waals surface area contributed by atoms with Crippen molar-refractivity contribution in [2.75, 3.05) is 5.73 Å². The monoisotopic (exact) mass is 467 g/mol. The third-order valence-corrected chi connectivity index (χ3v) is 6.56. The Morgan fingerprint density at radius 3 is 2.11 bits per heavy atom. The molecule has 35 heavy (non-hydrogen) atoms. The number of aliphatic hydroxyl groups excluding tert-OH is 1. The van der Waals surface area contributed by atoms with Gasteiger partial charge >= 0.3 is 5.69 Å². The molecule has 1 aromatic heterocycles. The zero-order chi connectivity index (χ0) is 25.0. The van der Waals surface area contributed by atoms with Crippen LogP contribution in [-0.2, 0) is 18.9 Å². The summed E-state index contributed by atoms with van der Waals surface area (Å²) in [5.41, 5.74) is 5.33. The van der Waals surface area contributed by atoms with Gasteiger partial charge in [0, 0.05) is 25.2 Å².